The van der Waals surface area contributed by atoms with Crippen LogP contribution in [0.4, 0.5) is 0 Å². The van der Waals surface area contributed by atoms with Crippen LogP contribution < -0.4 is 5.32 Å². The number of hydrogen-bond acceptors (Lipinski definition) is 3. The van der Waals surface area contributed by atoms with Crippen molar-refractivity contribution in [3.63, 3.8) is 0 Å². The topological polar surface area (TPSA) is 52.6 Å². The molecule has 2 rings (SSSR count). The minimum atomic E-state index is -0.189. The highest BCUT2D eigenvalue weighted by Gasteiger charge is 2.28. The van der Waals surface area contributed by atoms with E-state index in [2.05, 4.69) is 19.2 Å². The summed E-state index contributed by atoms with van der Waals surface area (Å²) in [7, 11) is 0. The van der Waals surface area contributed by atoms with Crippen LogP contribution in [0.3, 0.4) is 0 Å². The summed E-state index contributed by atoms with van der Waals surface area (Å²) in [5.41, 5.74) is 1.01. The summed E-state index contributed by atoms with van der Waals surface area (Å²) < 4.78 is 0. The van der Waals surface area contributed by atoms with Crippen LogP contribution in [-0.2, 0) is 4.79 Å². The Morgan fingerprint density at radius 2 is 1.90 bits per heavy atom. The molecule has 1 aliphatic heterocycles. The lowest BCUT2D eigenvalue weighted by Gasteiger charge is -2.39. The van der Waals surface area contributed by atoms with Gasteiger partial charge in [0.1, 0.15) is 0 Å². The third kappa shape index (κ3) is 4.05. The second-order valence-electron chi connectivity index (χ2n) is 5.96. The van der Waals surface area contributed by atoms with Crippen molar-refractivity contribution < 1.29 is 9.90 Å². The summed E-state index contributed by atoms with van der Waals surface area (Å²) in [6.07, 6.45) is 3.36. The van der Waals surface area contributed by atoms with Crippen molar-refractivity contribution in [3.05, 3.63) is 35.9 Å². The van der Waals surface area contributed by atoms with Gasteiger partial charge in [-0.15, -0.1) is 0 Å². The second-order valence-corrected chi connectivity index (χ2v) is 5.96. The van der Waals surface area contributed by atoms with Crippen molar-refractivity contribution in [2.45, 2.75) is 51.2 Å². The molecule has 0 unspecified atom stereocenters. The number of hydrogen-bond donors (Lipinski definition) is 2. The minimum absolute atomic E-state index is 0.0115. The summed E-state index contributed by atoms with van der Waals surface area (Å²) in [4.78, 5) is 14.4. The molecule has 1 amide bonds. The van der Waals surface area contributed by atoms with Crippen molar-refractivity contribution in [1.82, 2.24) is 10.2 Å². The van der Waals surface area contributed by atoms with Gasteiger partial charge in [0.05, 0.1) is 19.2 Å². The van der Waals surface area contributed by atoms with Crippen LogP contribution in [0, 0.1) is 0 Å². The Morgan fingerprint density at radius 3 is 2.48 bits per heavy atom. The molecule has 0 aromatic heterocycles. The molecule has 116 valence electrons. The number of benzene rings is 1. The fourth-order valence-corrected chi connectivity index (χ4v) is 3.19. The molecular weight excluding hydrogens is 264 g/mol. The molecule has 2 N–H and O–H groups in total. The van der Waals surface area contributed by atoms with Crippen LogP contribution in [0.5, 0.6) is 0 Å². The molecule has 0 aliphatic carbocycles. The fraction of sp³-hybridized carbons (Fsp3) is 0.588. The Balaban J connectivity index is 1.93. The van der Waals surface area contributed by atoms with Gasteiger partial charge < -0.3 is 10.0 Å². The predicted octanol–water partition coefficient (Wildman–Crippen LogP) is 2.10. The molecule has 0 bridgehead atoms. The average molecular weight is 290 g/mol. The molecule has 0 saturated carbocycles. The van der Waals surface area contributed by atoms with Gasteiger partial charge in [-0.1, -0.05) is 30.3 Å². The third-order valence-corrected chi connectivity index (χ3v) is 4.37. The van der Waals surface area contributed by atoms with Gasteiger partial charge in [0.2, 0.25) is 5.91 Å². The average Bonchev–Trinajstić information content (AvgIpc) is 2.49. The van der Waals surface area contributed by atoms with E-state index in [4.69, 9.17) is 0 Å². The number of carbonyl (C=O) groups is 1. The van der Waals surface area contributed by atoms with Gasteiger partial charge in [-0.05, 0) is 38.7 Å². The zero-order valence-corrected chi connectivity index (χ0v) is 13.0. The first-order valence-electron chi connectivity index (χ1n) is 7.83. The molecular formula is C17H26N2O2. The van der Waals surface area contributed by atoms with Crippen LogP contribution in [0.25, 0.3) is 0 Å². The highest BCUT2D eigenvalue weighted by atomic mass is 16.3. The van der Waals surface area contributed by atoms with Crippen LogP contribution in [0.2, 0.25) is 0 Å². The molecule has 0 radical (unpaired) electrons. The molecule has 1 fully saturated rings. The Morgan fingerprint density at radius 1 is 1.29 bits per heavy atom. The summed E-state index contributed by atoms with van der Waals surface area (Å²) >= 11 is 0. The van der Waals surface area contributed by atoms with Gasteiger partial charge in [-0.2, -0.15) is 0 Å². The number of carbonyl (C=O) groups excluding carboxylic acids is 1. The lowest BCUT2D eigenvalue weighted by Crippen LogP contribution is -2.50. The van der Waals surface area contributed by atoms with Crippen LogP contribution in [0.15, 0.2) is 30.3 Å². The lowest BCUT2D eigenvalue weighted by molar-refractivity contribution is -0.136. The van der Waals surface area contributed by atoms with Gasteiger partial charge in [0.25, 0.3) is 0 Å². The van der Waals surface area contributed by atoms with E-state index in [1.165, 1.54) is 6.42 Å². The first-order chi connectivity index (χ1) is 10.1. The summed E-state index contributed by atoms with van der Waals surface area (Å²) in [6, 6.07) is 10.2. The molecule has 1 aromatic carbocycles. The number of rotatable bonds is 5. The zero-order valence-electron chi connectivity index (χ0n) is 13.0. The number of likely N-dealkylation sites (tertiary alicyclic amines) is 1. The highest BCUT2D eigenvalue weighted by Crippen LogP contribution is 2.22. The maximum Gasteiger partial charge on any atom is 0.237 e. The van der Waals surface area contributed by atoms with Gasteiger partial charge in [-0.3, -0.25) is 10.1 Å². The molecule has 1 aliphatic rings. The Hall–Kier alpha value is -1.39. The Labute approximate surface area is 127 Å². The van der Waals surface area contributed by atoms with Crippen molar-refractivity contribution in [3.8, 4) is 0 Å². The second kappa shape index (κ2) is 7.57. The van der Waals surface area contributed by atoms with Gasteiger partial charge in [0, 0.05) is 12.1 Å². The van der Waals surface area contributed by atoms with Gasteiger partial charge in [0.15, 0.2) is 0 Å². The maximum atomic E-state index is 12.5. The van der Waals surface area contributed by atoms with E-state index in [0.29, 0.717) is 12.1 Å². The lowest BCUT2D eigenvalue weighted by atomic mass is 9.97. The third-order valence-electron chi connectivity index (χ3n) is 4.37. The van der Waals surface area contributed by atoms with Crippen molar-refractivity contribution in [2.24, 2.45) is 0 Å². The highest BCUT2D eigenvalue weighted by molar-refractivity contribution is 5.79. The van der Waals surface area contributed by atoms with E-state index in [1.54, 1.807) is 0 Å². The van der Waals surface area contributed by atoms with Crippen molar-refractivity contribution in [2.75, 3.05) is 13.2 Å². The monoisotopic (exact) mass is 290 g/mol. The number of aliphatic hydroxyl groups excluding tert-OH is 1. The molecule has 4 heteroatoms. The van der Waals surface area contributed by atoms with Crippen molar-refractivity contribution in [1.29, 1.82) is 0 Å². The number of amides is 1. The molecule has 4 nitrogen and oxygen atoms in total. The zero-order chi connectivity index (χ0) is 15.2. The molecule has 0 spiro atoms. The summed E-state index contributed by atoms with van der Waals surface area (Å²) in [5.74, 6) is 0.129. The van der Waals surface area contributed by atoms with E-state index < -0.39 is 0 Å². The SMILES string of the molecule is C[C@@H]1CCC[C@@H](C)N1C(=O)CN[C@H](CO)c1ccccc1. The normalized spacial score (nSPS) is 23.9. The van der Waals surface area contributed by atoms with Crippen molar-refractivity contribution >= 4 is 5.91 Å². The Bertz CT molecular complexity index is 439. The summed E-state index contributed by atoms with van der Waals surface area (Å²) in [5, 5.41) is 12.7. The molecule has 21 heavy (non-hydrogen) atoms. The number of nitrogens with one attached hydrogen (secondary N) is 1. The quantitative estimate of drug-likeness (QED) is 0.873. The van der Waals surface area contributed by atoms with E-state index in [-0.39, 0.29) is 25.1 Å². The van der Waals surface area contributed by atoms with E-state index in [9.17, 15) is 9.90 Å². The minimum Gasteiger partial charge on any atom is -0.394 e. The number of aliphatic hydroxyl groups is 1. The molecule has 1 aromatic rings. The predicted molar refractivity (Wildman–Crippen MR) is 83.9 cm³/mol. The maximum absolute atomic E-state index is 12.5. The van der Waals surface area contributed by atoms with Crippen LogP contribution >= 0.6 is 0 Å². The number of nitrogens with zero attached hydrogens (tertiary/aromatic N) is 1. The van der Waals surface area contributed by atoms with E-state index in [1.807, 2.05) is 35.2 Å². The van der Waals surface area contributed by atoms with E-state index >= 15 is 0 Å². The first-order valence-corrected chi connectivity index (χ1v) is 7.83. The number of piperidine rings is 1. The molecule has 1 saturated heterocycles. The molecule has 3 atom stereocenters. The summed E-state index contributed by atoms with van der Waals surface area (Å²) in [6.45, 7) is 4.50. The van der Waals surface area contributed by atoms with Crippen LogP contribution in [0.1, 0.15) is 44.7 Å². The smallest absolute Gasteiger partial charge is 0.237 e. The van der Waals surface area contributed by atoms with Crippen LogP contribution in [-0.4, -0.2) is 41.1 Å². The van der Waals surface area contributed by atoms with Gasteiger partial charge >= 0.3 is 0 Å². The molecule has 1 heterocycles. The first kappa shape index (κ1) is 16.0. The van der Waals surface area contributed by atoms with E-state index in [0.717, 1.165) is 18.4 Å². The van der Waals surface area contributed by atoms with Gasteiger partial charge in [-0.25, -0.2) is 0 Å². The fourth-order valence-electron chi connectivity index (χ4n) is 3.19. The Kier molecular flexibility index (Phi) is 5.76. The largest absolute Gasteiger partial charge is 0.394 e. The standard InChI is InChI=1S/C17H26N2O2/c1-13-7-6-8-14(2)19(13)17(21)11-18-16(12-20)15-9-4-3-5-10-15/h3-5,9-10,13-14,16,18,20H,6-8,11-12H2,1-2H3/t13-,14-,16-/m1/s1.